The molecule has 2 N–H and O–H groups in total. The van der Waals surface area contributed by atoms with Crippen LogP contribution < -0.4 is 10.6 Å². The Balaban J connectivity index is 1.58. The summed E-state index contributed by atoms with van der Waals surface area (Å²) in [6.07, 6.45) is 4.12. The molecular formula is C16H18N4O. The third-order valence-electron chi connectivity index (χ3n) is 3.68. The number of amides is 1. The van der Waals surface area contributed by atoms with Crippen molar-refractivity contribution in [3.05, 3.63) is 59.2 Å². The van der Waals surface area contributed by atoms with E-state index in [1.54, 1.807) is 12.4 Å². The lowest BCUT2D eigenvalue weighted by Crippen LogP contribution is -2.47. The van der Waals surface area contributed by atoms with Crippen LogP contribution in [0.2, 0.25) is 0 Å². The Bertz CT molecular complexity index is 639. The molecule has 1 aliphatic heterocycles. The molecule has 1 amide bonds. The fourth-order valence-electron chi connectivity index (χ4n) is 2.45. The van der Waals surface area contributed by atoms with Crippen molar-refractivity contribution in [1.29, 1.82) is 0 Å². The van der Waals surface area contributed by atoms with Gasteiger partial charge in [-0.3, -0.25) is 14.8 Å². The van der Waals surface area contributed by atoms with Crippen LogP contribution >= 0.6 is 0 Å². The summed E-state index contributed by atoms with van der Waals surface area (Å²) in [6, 6.07) is 8.04. The molecule has 0 saturated heterocycles. The molecule has 0 spiro atoms. The molecule has 0 bridgehead atoms. The van der Waals surface area contributed by atoms with Gasteiger partial charge in [0.15, 0.2) is 0 Å². The van der Waals surface area contributed by atoms with Gasteiger partial charge in [0.05, 0.1) is 30.2 Å². The first-order chi connectivity index (χ1) is 10.2. The summed E-state index contributed by atoms with van der Waals surface area (Å²) in [6.45, 7) is 3.03. The van der Waals surface area contributed by atoms with Crippen molar-refractivity contribution in [2.24, 2.45) is 0 Å². The van der Waals surface area contributed by atoms with Crippen molar-refractivity contribution in [2.75, 3.05) is 0 Å². The maximum atomic E-state index is 12.2. The lowest BCUT2D eigenvalue weighted by atomic mass is 9.95. The number of carbonyl (C=O) groups excluding carboxylic acids is 1. The number of fused-ring (bicyclic) bond motifs is 1. The summed E-state index contributed by atoms with van der Waals surface area (Å²) < 4.78 is 0. The van der Waals surface area contributed by atoms with Gasteiger partial charge in [-0.25, -0.2) is 0 Å². The van der Waals surface area contributed by atoms with Gasteiger partial charge in [-0.15, -0.1) is 0 Å². The van der Waals surface area contributed by atoms with Gasteiger partial charge in [0.1, 0.15) is 0 Å². The zero-order chi connectivity index (χ0) is 14.7. The number of hydrogen-bond acceptors (Lipinski definition) is 4. The molecule has 2 heterocycles. The second-order valence-corrected chi connectivity index (χ2v) is 5.27. The zero-order valence-corrected chi connectivity index (χ0v) is 12.0. The highest BCUT2D eigenvalue weighted by Crippen LogP contribution is 2.16. The summed E-state index contributed by atoms with van der Waals surface area (Å²) in [5.74, 6) is 0.00637. The van der Waals surface area contributed by atoms with Gasteiger partial charge in [-0.1, -0.05) is 24.3 Å². The molecule has 1 aromatic heterocycles. The van der Waals surface area contributed by atoms with E-state index in [4.69, 9.17) is 0 Å². The largest absolute Gasteiger partial charge is 0.349 e. The quantitative estimate of drug-likeness (QED) is 0.885. The third-order valence-corrected chi connectivity index (χ3v) is 3.68. The minimum absolute atomic E-state index is 0.00637. The lowest BCUT2D eigenvalue weighted by molar-refractivity contribution is -0.123. The van der Waals surface area contributed by atoms with E-state index in [0.717, 1.165) is 24.4 Å². The summed E-state index contributed by atoms with van der Waals surface area (Å²) >= 11 is 0. The van der Waals surface area contributed by atoms with Crippen LogP contribution in [0, 0.1) is 6.92 Å². The Kier molecular flexibility index (Phi) is 3.92. The van der Waals surface area contributed by atoms with Gasteiger partial charge in [0, 0.05) is 12.7 Å². The van der Waals surface area contributed by atoms with Crippen LogP contribution in [0.25, 0.3) is 0 Å². The predicted molar refractivity (Wildman–Crippen MR) is 79.4 cm³/mol. The summed E-state index contributed by atoms with van der Waals surface area (Å²) in [5.41, 5.74) is 4.15. The lowest BCUT2D eigenvalue weighted by Gasteiger charge is -2.25. The van der Waals surface area contributed by atoms with E-state index in [1.165, 1.54) is 11.1 Å². The van der Waals surface area contributed by atoms with Crippen molar-refractivity contribution in [1.82, 2.24) is 20.6 Å². The van der Waals surface area contributed by atoms with E-state index in [0.29, 0.717) is 6.54 Å². The van der Waals surface area contributed by atoms with Crippen LogP contribution in [0.5, 0.6) is 0 Å². The molecule has 5 heteroatoms. The van der Waals surface area contributed by atoms with Crippen molar-refractivity contribution in [3.63, 3.8) is 0 Å². The highest BCUT2D eigenvalue weighted by molar-refractivity contribution is 5.82. The number of aromatic nitrogens is 2. The summed E-state index contributed by atoms with van der Waals surface area (Å²) in [4.78, 5) is 20.6. The maximum Gasteiger partial charge on any atom is 0.237 e. The molecule has 1 unspecified atom stereocenters. The molecule has 0 saturated carbocycles. The summed E-state index contributed by atoms with van der Waals surface area (Å²) in [7, 11) is 0. The molecule has 0 fully saturated rings. The maximum absolute atomic E-state index is 12.2. The topological polar surface area (TPSA) is 66.9 Å². The van der Waals surface area contributed by atoms with Crippen molar-refractivity contribution < 1.29 is 4.79 Å². The Hall–Kier alpha value is -2.27. The third kappa shape index (κ3) is 3.25. The van der Waals surface area contributed by atoms with Gasteiger partial charge in [-0.05, 0) is 24.5 Å². The van der Waals surface area contributed by atoms with Crippen LogP contribution in [0.15, 0.2) is 36.7 Å². The normalized spacial score (nSPS) is 17.1. The summed E-state index contributed by atoms with van der Waals surface area (Å²) in [5, 5.41) is 6.19. The first-order valence-electron chi connectivity index (χ1n) is 7.08. The van der Waals surface area contributed by atoms with Crippen LogP contribution in [0.4, 0.5) is 0 Å². The van der Waals surface area contributed by atoms with E-state index < -0.39 is 0 Å². The highest BCUT2D eigenvalue weighted by Gasteiger charge is 2.23. The SMILES string of the molecule is Cc1cnc(CNC(=O)C2Cc3ccccc3CN2)cn1. The second kappa shape index (κ2) is 6.01. The first kappa shape index (κ1) is 13.7. The predicted octanol–water partition coefficient (Wildman–Crippen LogP) is 1.12. The number of nitrogens with zero attached hydrogens (tertiary/aromatic N) is 2. The number of hydrogen-bond donors (Lipinski definition) is 2. The second-order valence-electron chi connectivity index (χ2n) is 5.27. The number of nitrogens with one attached hydrogen (secondary N) is 2. The Labute approximate surface area is 123 Å². The van der Waals surface area contributed by atoms with Crippen LogP contribution in [-0.2, 0) is 24.3 Å². The molecule has 108 valence electrons. The Morgan fingerprint density at radius 3 is 2.86 bits per heavy atom. The molecule has 1 aliphatic rings. The van der Waals surface area contributed by atoms with Gasteiger partial charge in [0.2, 0.25) is 5.91 Å². The van der Waals surface area contributed by atoms with Crippen molar-refractivity contribution in [3.8, 4) is 0 Å². The number of benzene rings is 1. The van der Waals surface area contributed by atoms with Gasteiger partial charge >= 0.3 is 0 Å². The number of rotatable bonds is 3. The van der Waals surface area contributed by atoms with Crippen LogP contribution in [0.3, 0.4) is 0 Å². The van der Waals surface area contributed by atoms with Gasteiger partial charge < -0.3 is 10.6 Å². The number of carbonyl (C=O) groups is 1. The smallest absolute Gasteiger partial charge is 0.237 e. The first-order valence-corrected chi connectivity index (χ1v) is 7.08. The van der Waals surface area contributed by atoms with Crippen molar-refractivity contribution >= 4 is 5.91 Å². The molecule has 2 aromatic rings. The van der Waals surface area contributed by atoms with Gasteiger partial charge in [-0.2, -0.15) is 0 Å². The van der Waals surface area contributed by atoms with E-state index in [-0.39, 0.29) is 11.9 Å². The fraction of sp³-hybridized carbons (Fsp3) is 0.312. The highest BCUT2D eigenvalue weighted by atomic mass is 16.2. The minimum Gasteiger partial charge on any atom is -0.349 e. The Morgan fingerprint density at radius 2 is 2.10 bits per heavy atom. The number of aryl methyl sites for hydroxylation is 1. The molecule has 3 rings (SSSR count). The molecule has 0 aliphatic carbocycles. The molecule has 1 atom stereocenters. The van der Waals surface area contributed by atoms with E-state index in [1.807, 2.05) is 19.1 Å². The average molecular weight is 282 g/mol. The minimum atomic E-state index is -0.182. The molecule has 1 aromatic carbocycles. The standard InChI is InChI=1S/C16H18N4O/c1-11-7-18-14(9-17-11)10-20-16(21)15-6-12-4-2-3-5-13(12)8-19-15/h2-5,7,9,15,19H,6,8,10H2,1H3,(H,20,21). The molecular weight excluding hydrogens is 264 g/mol. The van der Waals surface area contributed by atoms with E-state index >= 15 is 0 Å². The van der Waals surface area contributed by atoms with Crippen LogP contribution in [0.1, 0.15) is 22.5 Å². The molecule has 21 heavy (non-hydrogen) atoms. The monoisotopic (exact) mass is 282 g/mol. The Morgan fingerprint density at radius 1 is 1.29 bits per heavy atom. The van der Waals surface area contributed by atoms with E-state index in [9.17, 15) is 4.79 Å². The van der Waals surface area contributed by atoms with Gasteiger partial charge in [0.25, 0.3) is 0 Å². The zero-order valence-electron chi connectivity index (χ0n) is 12.0. The molecule has 5 nitrogen and oxygen atoms in total. The van der Waals surface area contributed by atoms with Crippen molar-refractivity contribution in [2.45, 2.75) is 32.5 Å². The molecule has 0 radical (unpaired) electrons. The van der Waals surface area contributed by atoms with Crippen LogP contribution in [-0.4, -0.2) is 21.9 Å². The van der Waals surface area contributed by atoms with E-state index in [2.05, 4.69) is 32.7 Å². The average Bonchev–Trinajstić information content (AvgIpc) is 2.53. The fourth-order valence-corrected chi connectivity index (χ4v) is 2.45.